The fourth-order valence-electron chi connectivity index (χ4n) is 3.65. The first-order valence-electron chi connectivity index (χ1n) is 11.2. The zero-order valence-electron chi connectivity index (χ0n) is 21.1. The molecule has 2 aliphatic rings. The van der Waals surface area contributed by atoms with E-state index in [1.807, 2.05) is 56.1 Å². The van der Waals surface area contributed by atoms with Crippen molar-refractivity contribution >= 4 is 41.5 Å². The Labute approximate surface area is 200 Å². The highest BCUT2D eigenvalue weighted by atomic mass is 35.7. The van der Waals surface area contributed by atoms with Gasteiger partial charge in [-0.1, -0.05) is 38.9 Å². The summed E-state index contributed by atoms with van der Waals surface area (Å²) in [5.74, 6) is 0.634. The summed E-state index contributed by atoms with van der Waals surface area (Å²) in [6, 6.07) is 0.231. The van der Waals surface area contributed by atoms with E-state index in [1.54, 1.807) is 0 Å². The molecule has 0 aliphatic carbocycles. The molecule has 0 amide bonds. The van der Waals surface area contributed by atoms with Crippen LogP contribution < -0.4 is 10.5 Å². The zero-order valence-corrected chi connectivity index (χ0v) is 23.7. The molecule has 2 rings (SSSR count). The van der Waals surface area contributed by atoms with Crippen LogP contribution in [0.25, 0.3) is 0 Å². The van der Waals surface area contributed by atoms with Crippen LogP contribution in [0.3, 0.4) is 0 Å². The third-order valence-corrected chi connectivity index (χ3v) is 5.97. The van der Waals surface area contributed by atoms with Gasteiger partial charge in [-0.15, -0.1) is 0 Å². The van der Waals surface area contributed by atoms with Crippen LogP contribution in [-0.2, 0) is 14.0 Å². The lowest BCUT2D eigenvalue weighted by atomic mass is 9.77. The van der Waals surface area contributed by atoms with Gasteiger partial charge in [-0.2, -0.15) is 0 Å². The lowest BCUT2D eigenvalue weighted by Gasteiger charge is -2.23. The molecule has 11 heteroatoms. The monoisotopic (exact) mass is 496 g/mol. The summed E-state index contributed by atoms with van der Waals surface area (Å²) in [7, 11) is 7.21. The average Bonchev–Trinajstić information content (AvgIpc) is 3.13. The van der Waals surface area contributed by atoms with Gasteiger partial charge < -0.3 is 29.6 Å². The summed E-state index contributed by atoms with van der Waals surface area (Å²) < 4.78 is 17.5. The van der Waals surface area contributed by atoms with Gasteiger partial charge in [0.05, 0.1) is 24.4 Å². The van der Waals surface area contributed by atoms with Gasteiger partial charge in [0, 0.05) is 32.0 Å². The van der Waals surface area contributed by atoms with Crippen molar-refractivity contribution in [3.63, 3.8) is 0 Å². The summed E-state index contributed by atoms with van der Waals surface area (Å²) in [4.78, 5) is 0. The Bertz CT molecular complexity index is 459. The molecule has 3 N–H and O–H groups in total. The number of aliphatic hydroxyl groups is 1. The van der Waals surface area contributed by atoms with Crippen LogP contribution in [0.1, 0.15) is 40.5 Å². The molecule has 0 aromatic rings. The summed E-state index contributed by atoms with van der Waals surface area (Å²) >= 11 is 5.34. The third-order valence-electron chi connectivity index (χ3n) is 5.30. The van der Waals surface area contributed by atoms with Gasteiger partial charge in [-0.3, -0.25) is 0 Å². The highest BCUT2D eigenvalue weighted by Crippen LogP contribution is 2.39. The van der Waals surface area contributed by atoms with Crippen molar-refractivity contribution < 1.29 is 19.1 Å². The van der Waals surface area contributed by atoms with E-state index in [1.165, 1.54) is 0 Å². The van der Waals surface area contributed by atoms with Crippen molar-refractivity contribution in [1.82, 2.24) is 10.5 Å². The van der Waals surface area contributed by atoms with E-state index in [0.29, 0.717) is 5.92 Å². The molecule has 31 heavy (non-hydrogen) atoms. The number of hydrogen-bond donors (Lipinski definition) is 3. The SMILES string of the molecule is CC[C@H]1O[C@@H]([B]NC)[C@@H](C)C1O.CC[C@H]1O[C@@H]([B]NC)[C@@H](C)C1OP(C)C.CP(C)Cl. The normalized spacial score (nSPS) is 34.8. The second-order valence-corrected chi connectivity index (χ2v) is 13.8. The Morgan fingerprint density at radius 1 is 0.903 bits per heavy atom. The maximum Gasteiger partial charge on any atom is 0.241 e. The second-order valence-electron chi connectivity index (χ2n) is 8.38. The van der Waals surface area contributed by atoms with E-state index in [-0.39, 0.29) is 57.8 Å². The highest BCUT2D eigenvalue weighted by molar-refractivity contribution is 7.82. The summed E-state index contributed by atoms with van der Waals surface area (Å²) in [6.07, 6.45) is 2.09. The number of rotatable bonds is 8. The molecule has 2 unspecified atom stereocenters. The van der Waals surface area contributed by atoms with E-state index in [4.69, 9.17) is 25.2 Å². The van der Waals surface area contributed by atoms with Gasteiger partial charge in [0.2, 0.25) is 14.8 Å². The van der Waals surface area contributed by atoms with Crippen LogP contribution >= 0.6 is 26.7 Å². The Kier molecular flexibility index (Phi) is 18.1. The van der Waals surface area contributed by atoms with Crippen molar-refractivity contribution in [2.45, 2.75) is 77.0 Å². The maximum atomic E-state index is 9.68. The van der Waals surface area contributed by atoms with Gasteiger partial charge >= 0.3 is 0 Å². The van der Waals surface area contributed by atoms with E-state index in [0.717, 1.165) is 12.8 Å². The van der Waals surface area contributed by atoms with E-state index in [2.05, 4.69) is 37.6 Å². The molecule has 0 aromatic heterocycles. The molecule has 182 valence electrons. The molecule has 2 aliphatic heterocycles. The van der Waals surface area contributed by atoms with Crippen LogP contribution in [0.2, 0.25) is 0 Å². The van der Waals surface area contributed by atoms with E-state index < -0.39 is 0 Å². The fraction of sp³-hybridized carbons (Fsp3) is 1.00. The van der Waals surface area contributed by atoms with Crippen LogP contribution in [0, 0.1) is 11.8 Å². The molecule has 2 saturated heterocycles. The van der Waals surface area contributed by atoms with Gasteiger partial charge in [-0.05, 0) is 60.9 Å². The van der Waals surface area contributed by atoms with Gasteiger partial charge in [0.1, 0.15) is 0 Å². The van der Waals surface area contributed by atoms with E-state index in [9.17, 15) is 5.11 Å². The van der Waals surface area contributed by atoms with Gasteiger partial charge in [0.25, 0.3) is 0 Å². The minimum absolute atomic E-state index is 0.00889. The molecule has 0 aromatic carbocycles. The maximum absolute atomic E-state index is 9.68. The molecule has 0 bridgehead atoms. The van der Waals surface area contributed by atoms with Crippen LogP contribution in [-0.4, -0.2) is 97.1 Å². The molecule has 0 spiro atoms. The van der Waals surface area contributed by atoms with E-state index >= 15 is 0 Å². The molecule has 0 saturated carbocycles. The highest BCUT2D eigenvalue weighted by Gasteiger charge is 2.42. The summed E-state index contributed by atoms with van der Waals surface area (Å²) in [6.45, 7) is 16.7. The van der Waals surface area contributed by atoms with Gasteiger partial charge in [0.15, 0.2) is 0 Å². The van der Waals surface area contributed by atoms with Crippen LogP contribution in [0.15, 0.2) is 0 Å². The molecular formula is C20H45B2ClN2O4P2. The number of halogens is 1. The standard InChI is InChI=1S/C10H22BNO2P.C8H17BNO2.C2H6ClP/c1-6-8-9(14-15(4)5)7(2)10(13-8)11-12-3;1-4-6-7(11)5(2)8(12-6)9-10-3;1-4(2)3/h7-10,12H,6H2,1-5H3;5-8,10-11H,4H2,1-3H3;1-2H3/t7-,8+,9?,10+;5-,6+,7?,8+;/m00./s1. The fourth-order valence-corrected chi connectivity index (χ4v) is 4.47. The Balaban J connectivity index is 0.000000504. The minimum Gasteiger partial charge on any atom is -0.390 e. The summed E-state index contributed by atoms with van der Waals surface area (Å²) in [5, 5.41) is 15.7. The number of hydrogen-bond acceptors (Lipinski definition) is 6. The van der Waals surface area contributed by atoms with Crippen molar-refractivity contribution in [1.29, 1.82) is 0 Å². The Hall–Kier alpha value is 1.04. The number of nitrogens with one attached hydrogen (secondary N) is 2. The number of aliphatic hydroxyl groups excluding tert-OH is 1. The first-order valence-corrected chi connectivity index (χ1v) is 16.5. The Morgan fingerprint density at radius 3 is 1.68 bits per heavy atom. The second kappa shape index (κ2) is 17.5. The molecule has 2 fully saturated rings. The lowest BCUT2D eigenvalue weighted by molar-refractivity contribution is 0.0285. The predicted molar refractivity (Wildman–Crippen MR) is 140 cm³/mol. The van der Waals surface area contributed by atoms with Crippen LogP contribution in [0.5, 0.6) is 0 Å². The summed E-state index contributed by atoms with van der Waals surface area (Å²) in [5.41, 5.74) is 0. The topological polar surface area (TPSA) is 72.0 Å². The average molecular weight is 497 g/mol. The first-order chi connectivity index (χ1) is 14.5. The molecule has 6 nitrogen and oxygen atoms in total. The quantitative estimate of drug-likeness (QED) is 0.353. The van der Waals surface area contributed by atoms with Crippen molar-refractivity contribution in [2.24, 2.45) is 11.8 Å². The molecular weight excluding hydrogens is 451 g/mol. The minimum atomic E-state index is -0.315. The largest absolute Gasteiger partial charge is 0.390 e. The molecule has 2 heterocycles. The first kappa shape index (κ1) is 32.0. The number of ether oxygens (including phenoxy) is 2. The smallest absolute Gasteiger partial charge is 0.241 e. The Morgan fingerprint density at radius 2 is 1.32 bits per heavy atom. The van der Waals surface area contributed by atoms with Gasteiger partial charge in [-0.25, -0.2) is 0 Å². The zero-order chi connectivity index (χ0) is 24.1. The molecule has 2 radical (unpaired) electrons. The predicted octanol–water partition coefficient (Wildman–Crippen LogP) is 3.48. The molecule has 8 atom stereocenters. The lowest BCUT2D eigenvalue weighted by Crippen LogP contribution is -2.34. The van der Waals surface area contributed by atoms with Crippen molar-refractivity contribution in [3.8, 4) is 0 Å². The van der Waals surface area contributed by atoms with Crippen molar-refractivity contribution in [3.05, 3.63) is 0 Å². The van der Waals surface area contributed by atoms with Crippen molar-refractivity contribution in [2.75, 3.05) is 40.8 Å². The van der Waals surface area contributed by atoms with Crippen LogP contribution in [0.4, 0.5) is 0 Å². The third kappa shape index (κ3) is 11.8.